The van der Waals surface area contributed by atoms with Gasteiger partial charge in [-0.2, -0.15) is 0 Å². The van der Waals surface area contributed by atoms with Gasteiger partial charge in [-0.1, -0.05) is 6.07 Å². The summed E-state index contributed by atoms with van der Waals surface area (Å²) in [5.41, 5.74) is 1.25. The van der Waals surface area contributed by atoms with Crippen LogP contribution in [-0.2, 0) is 11.3 Å². The zero-order chi connectivity index (χ0) is 17.1. The van der Waals surface area contributed by atoms with Gasteiger partial charge in [0.1, 0.15) is 0 Å². The molecule has 0 atom stereocenters. The molecule has 0 N–H and O–H groups in total. The second-order valence-electron chi connectivity index (χ2n) is 7.18. The van der Waals surface area contributed by atoms with Gasteiger partial charge in [0.25, 0.3) is 0 Å². The highest BCUT2D eigenvalue weighted by Crippen LogP contribution is 2.32. The normalized spacial score (nSPS) is 21.5. The van der Waals surface area contributed by atoms with E-state index in [0.29, 0.717) is 19.2 Å². The number of amides is 1. The zero-order valence-corrected chi connectivity index (χ0v) is 14.8. The number of piperazine rings is 1. The molecular weight excluding hydrogens is 318 g/mol. The molecule has 0 bridgehead atoms. The Bertz CT molecular complexity index is 608. The summed E-state index contributed by atoms with van der Waals surface area (Å²) in [6.07, 6.45) is 3.59. The van der Waals surface area contributed by atoms with E-state index < -0.39 is 0 Å². The van der Waals surface area contributed by atoms with Crippen molar-refractivity contribution in [2.75, 3.05) is 52.6 Å². The Kier molecular flexibility index (Phi) is 5.08. The van der Waals surface area contributed by atoms with Gasteiger partial charge < -0.3 is 14.4 Å². The van der Waals surface area contributed by atoms with Crippen molar-refractivity contribution in [2.24, 2.45) is 0 Å². The first kappa shape index (κ1) is 16.7. The molecule has 3 aliphatic heterocycles. The number of piperidine rings is 1. The van der Waals surface area contributed by atoms with E-state index in [1.165, 1.54) is 12.0 Å². The van der Waals surface area contributed by atoms with E-state index in [4.69, 9.17) is 9.47 Å². The zero-order valence-electron chi connectivity index (χ0n) is 14.8. The number of fused-ring (bicyclic) bond motifs is 1. The van der Waals surface area contributed by atoms with Crippen LogP contribution in [0.15, 0.2) is 18.2 Å². The van der Waals surface area contributed by atoms with Crippen molar-refractivity contribution in [3.05, 3.63) is 23.8 Å². The van der Waals surface area contributed by atoms with Crippen LogP contribution in [-0.4, -0.2) is 73.2 Å². The van der Waals surface area contributed by atoms with Crippen LogP contribution in [0.4, 0.5) is 0 Å². The molecule has 3 aliphatic rings. The Labute approximate surface area is 149 Å². The number of likely N-dealkylation sites (tertiary alicyclic amines) is 1. The van der Waals surface area contributed by atoms with Gasteiger partial charge in [0.2, 0.25) is 12.7 Å². The van der Waals surface area contributed by atoms with Crippen LogP contribution in [0.3, 0.4) is 0 Å². The van der Waals surface area contributed by atoms with Gasteiger partial charge in [-0.25, -0.2) is 0 Å². The van der Waals surface area contributed by atoms with E-state index in [2.05, 4.69) is 21.9 Å². The summed E-state index contributed by atoms with van der Waals surface area (Å²) in [6, 6.07) is 6.18. The number of carbonyl (C=O) groups is 1. The summed E-state index contributed by atoms with van der Waals surface area (Å²) in [5, 5.41) is 0. The molecule has 2 fully saturated rings. The average Bonchev–Trinajstić information content (AvgIpc) is 3.12. The van der Waals surface area contributed by atoms with Crippen LogP contribution < -0.4 is 9.47 Å². The SMILES string of the molecule is O=C(CN1CCN(Cc2ccc3c(c2)OCO3)CC1)N1CCCCC1. The highest BCUT2D eigenvalue weighted by atomic mass is 16.7. The number of benzene rings is 1. The van der Waals surface area contributed by atoms with Gasteiger partial charge >= 0.3 is 0 Å². The number of ether oxygens (including phenoxy) is 2. The van der Waals surface area contributed by atoms with Gasteiger partial charge in [-0.05, 0) is 37.0 Å². The lowest BCUT2D eigenvalue weighted by Gasteiger charge is -2.36. The second kappa shape index (κ2) is 7.62. The molecule has 0 unspecified atom stereocenters. The lowest BCUT2D eigenvalue weighted by Crippen LogP contribution is -2.50. The Balaban J connectivity index is 1.23. The predicted molar refractivity (Wildman–Crippen MR) is 94.7 cm³/mol. The lowest BCUT2D eigenvalue weighted by atomic mass is 10.1. The number of hydrogen-bond donors (Lipinski definition) is 0. The van der Waals surface area contributed by atoms with Crippen molar-refractivity contribution >= 4 is 5.91 Å². The molecule has 4 rings (SSSR count). The quantitative estimate of drug-likeness (QED) is 0.828. The molecule has 0 saturated carbocycles. The van der Waals surface area contributed by atoms with E-state index in [-0.39, 0.29) is 0 Å². The summed E-state index contributed by atoms with van der Waals surface area (Å²) >= 11 is 0. The highest BCUT2D eigenvalue weighted by Gasteiger charge is 2.23. The molecule has 0 aromatic heterocycles. The van der Waals surface area contributed by atoms with Crippen molar-refractivity contribution in [3.8, 4) is 11.5 Å². The van der Waals surface area contributed by atoms with Gasteiger partial charge in [0.15, 0.2) is 11.5 Å². The Hall–Kier alpha value is -1.79. The van der Waals surface area contributed by atoms with Crippen molar-refractivity contribution < 1.29 is 14.3 Å². The summed E-state index contributed by atoms with van der Waals surface area (Å²) in [5.74, 6) is 2.00. The summed E-state index contributed by atoms with van der Waals surface area (Å²) in [7, 11) is 0. The molecule has 0 aliphatic carbocycles. The fraction of sp³-hybridized carbons (Fsp3) is 0.632. The molecule has 1 aromatic carbocycles. The Morgan fingerprint density at radius 2 is 1.60 bits per heavy atom. The average molecular weight is 345 g/mol. The van der Waals surface area contributed by atoms with E-state index in [1.807, 2.05) is 11.0 Å². The van der Waals surface area contributed by atoms with E-state index in [0.717, 1.165) is 70.2 Å². The van der Waals surface area contributed by atoms with Crippen LogP contribution in [0.5, 0.6) is 11.5 Å². The van der Waals surface area contributed by atoms with Crippen molar-refractivity contribution in [1.29, 1.82) is 0 Å². The summed E-state index contributed by atoms with van der Waals surface area (Å²) in [6.45, 7) is 7.65. The van der Waals surface area contributed by atoms with Crippen LogP contribution in [0, 0.1) is 0 Å². The molecule has 1 aromatic rings. The highest BCUT2D eigenvalue weighted by molar-refractivity contribution is 5.78. The maximum Gasteiger partial charge on any atom is 0.236 e. The molecule has 1 amide bonds. The maximum absolute atomic E-state index is 12.4. The standard InChI is InChI=1S/C19H27N3O3/c23-19(22-6-2-1-3-7-22)14-21-10-8-20(9-11-21)13-16-4-5-17-18(12-16)25-15-24-17/h4-5,12H,1-3,6-11,13-15H2. The summed E-state index contributed by atoms with van der Waals surface area (Å²) < 4.78 is 10.8. The first-order chi connectivity index (χ1) is 12.3. The fourth-order valence-corrected chi connectivity index (χ4v) is 3.84. The molecule has 0 radical (unpaired) electrons. The van der Waals surface area contributed by atoms with Crippen molar-refractivity contribution in [3.63, 3.8) is 0 Å². The molecule has 2 saturated heterocycles. The van der Waals surface area contributed by atoms with Crippen LogP contribution >= 0.6 is 0 Å². The van der Waals surface area contributed by atoms with Gasteiger partial charge in [-0.3, -0.25) is 14.6 Å². The maximum atomic E-state index is 12.4. The predicted octanol–water partition coefficient (Wildman–Crippen LogP) is 1.55. The monoisotopic (exact) mass is 345 g/mol. The van der Waals surface area contributed by atoms with E-state index >= 15 is 0 Å². The molecule has 6 nitrogen and oxygen atoms in total. The Morgan fingerprint density at radius 1 is 0.880 bits per heavy atom. The minimum Gasteiger partial charge on any atom is -0.454 e. The van der Waals surface area contributed by atoms with Crippen molar-refractivity contribution in [2.45, 2.75) is 25.8 Å². The van der Waals surface area contributed by atoms with Crippen LogP contribution in [0.1, 0.15) is 24.8 Å². The number of nitrogens with zero attached hydrogens (tertiary/aromatic N) is 3. The number of hydrogen-bond acceptors (Lipinski definition) is 5. The number of carbonyl (C=O) groups excluding carboxylic acids is 1. The number of rotatable bonds is 4. The van der Waals surface area contributed by atoms with E-state index in [9.17, 15) is 4.79 Å². The molecule has 136 valence electrons. The van der Waals surface area contributed by atoms with E-state index in [1.54, 1.807) is 0 Å². The molecule has 6 heteroatoms. The third-order valence-electron chi connectivity index (χ3n) is 5.38. The van der Waals surface area contributed by atoms with Crippen molar-refractivity contribution in [1.82, 2.24) is 14.7 Å². The largest absolute Gasteiger partial charge is 0.454 e. The molecule has 25 heavy (non-hydrogen) atoms. The first-order valence-corrected chi connectivity index (χ1v) is 9.39. The Morgan fingerprint density at radius 3 is 2.40 bits per heavy atom. The fourth-order valence-electron chi connectivity index (χ4n) is 3.84. The van der Waals surface area contributed by atoms with Crippen LogP contribution in [0.25, 0.3) is 0 Å². The smallest absolute Gasteiger partial charge is 0.236 e. The van der Waals surface area contributed by atoms with Gasteiger partial charge in [-0.15, -0.1) is 0 Å². The third kappa shape index (κ3) is 4.07. The molecular formula is C19H27N3O3. The second-order valence-corrected chi connectivity index (χ2v) is 7.18. The topological polar surface area (TPSA) is 45.3 Å². The molecule has 0 spiro atoms. The first-order valence-electron chi connectivity index (χ1n) is 9.39. The lowest BCUT2D eigenvalue weighted by molar-refractivity contribution is -0.133. The van der Waals surface area contributed by atoms with Crippen LogP contribution in [0.2, 0.25) is 0 Å². The minimum absolute atomic E-state index is 0.309. The van der Waals surface area contributed by atoms with Gasteiger partial charge in [0.05, 0.1) is 6.54 Å². The third-order valence-corrected chi connectivity index (χ3v) is 5.38. The summed E-state index contributed by atoms with van der Waals surface area (Å²) in [4.78, 5) is 19.2. The molecule has 3 heterocycles. The van der Waals surface area contributed by atoms with Gasteiger partial charge in [0, 0.05) is 45.8 Å². The minimum atomic E-state index is 0.309.